The summed E-state index contributed by atoms with van der Waals surface area (Å²) in [5.41, 5.74) is 0. The van der Waals surface area contributed by atoms with Gasteiger partial charge >= 0.3 is 0 Å². The smallest absolute Gasteiger partial charge is 0.173 e. The van der Waals surface area contributed by atoms with Crippen LogP contribution in [0, 0.1) is 5.92 Å². The van der Waals surface area contributed by atoms with Crippen LogP contribution in [0.1, 0.15) is 12.8 Å². The van der Waals surface area contributed by atoms with E-state index in [2.05, 4.69) is 0 Å². The monoisotopic (exact) mass is 244 g/mol. The van der Waals surface area contributed by atoms with E-state index < -0.39 is 0 Å². The van der Waals surface area contributed by atoms with Crippen molar-refractivity contribution < 1.29 is 9.53 Å². The average molecular weight is 245 g/mol. The van der Waals surface area contributed by atoms with E-state index >= 15 is 0 Å². The molecule has 1 aromatic rings. The molecule has 0 amide bonds. The normalized spacial score (nSPS) is 15.1. The molecule has 0 N–H and O–H groups in total. The number of ether oxygens (including phenoxy) is 1. The molecule has 1 aliphatic rings. The molecule has 0 spiro atoms. The minimum absolute atomic E-state index is 0.112. The first kappa shape index (κ1) is 10.8. The Bertz CT molecular complexity index is 366. The van der Waals surface area contributed by atoms with Gasteiger partial charge in [-0.1, -0.05) is 23.2 Å². The molecule has 0 bridgehead atoms. The Hall–Kier alpha value is -0.730. The zero-order valence-electron chi connectivity index (χ0n) is 8.00. The Kier molecular flexibility index (Phi) is 3.17. The van der Waals surface area contributed by atoms with Crippen molar-refractivity contribution in [2.75, 3.05) is 6.61 Å². The van der Waals surface area contributed by atoms with Crippen molar-refractivity contribution >= 4 is 29.0 Å². The van der Waals surface area contributed by atoms with Gasteiger partial charge in [0.05, 0.1) is 0 Å². The highest BCUT2D eigenvalue weighted by molar-refractivity contribution is 6.34. The van der Waals surface area contributed by atoms with Crippen LogP contribution in [0.4, 0.5) is 0 Å². The van der Waals surface area contributed by atoms with Gasteiger partial charge in [0.2, 0.25) is 0 Å². The summed E-state index contributed by atoms with van der Waals surface area (Å²) in [7, 11) is 0. The summed E-state index contributed by atoms with van der Waals surface area (Å²) in [5, 5.41) is 1.02. The summed E-state index contributed by atoms with van der Waals surface area (Å²) in [4.78, 5) is 11.4. The molecule has 0 atom stereocenters. The summed E-state index contributed by atoms with van der Waals surface area (Å²) in [5.74, 6) is 0.923. The lowest BCUT2D eigenvalue weighted by Crippen LogP contribution is -2.12. The third kappa shape index (κ3) is 3.11. The zero-order valence-corrected chi connectivity index (χ0v) is 9.52. The minimum atomic E-state index is 0.112. The molecule has 0 radical (unpaired) electrons. The van der Waals surface area contributed by atoms with E-state index in [1.54, 1.807) is 18.2 Å². The van der Waals surface area contributed by atoms with Crippen molar-refractivity contribution in [2.24, 2.45) is 5.92 Å². The van der Waals surface area contributed by atoms with Crippen LogP contribution in [-0.4, -0.2) is 12.4 Å². The van der Waals surface area contributed by atoms with Gasteiger partial charge in [0, 0.05) is 16.0 Å². The molecule has 4 heteroatoms. The number of hydrogen-bond acceptors (Lipinski definition) is 2. The van der Waals surface area contributed by atoms with Gasteiger partial charge < -0.3 is 4.74 Å². The highest BCUT2D eigenvalue weighted by Crippen LogP contribution is 2.30. The third-order valence-electron chi connectivity index (χ3n) is 2.25. The number of carbonyl (C=O) groups excluding carboxylic acids is 1. The van der Waals surface area contributed by atoms with Gasteiger partial charge in [-0.2, -0.15) is 0 Å². The number of Topliss-reactive ketones (excluding diaryl/α,β-unsaturated/α-hetero) is 1. The molecular weight excluding hydrogens is 235 g/mol. The van der Waals surface area contributed by atoms with Crippen molar-refractivity contribution in [3.63, 3.8) is 0 Å². The molecule has 0 unspecified atom stereocenters. The Morgan fingerprint density at radius 2 is 1.87 bits per heavy atom. The Morgan fingerprint density at radius 3 is 2.40 bits per heavy atom. The predicted molar refractivity (Wildman–Crippen MR) is 59.7 cm³/mol. The van der Waals surface area contributed by atoms with Gasteiger partial charge in [-0.15, -0.1) is 0 Å². The fraction of sp³-hybridized carbons (Fsp3) is 0.364. The van der Waals surface area contributed by atoms with E-state index in [1.807, 2.05) is 0 Å². The van der Waals surface area contributed by atoms with Gasteiger partial charge in [0.1, 0.15) is 12.4 Å². The SMILES string of the molecule is O=C(COc1cc(Cl)cc(Cl)c1)C1CC1. The fourth-order valence-corrected chi connectivity index (χ4v) is 1.80. The van der Waals surface area contributed by atoms with Crippen molar-refractivity contribution in [2.45, 2.75) is 12.8 Å². The van der Waals surface area contributed by atoms with Crippen LogP contribution >= 0.6 is 23.2 Å². The molecule has 2 nitrogen and oxygen atoms in total. The standard InChI is InChI=1S/C11H10Cl2O2/c12-8-3-9(13)5-10(4-8)15-6-11(14)7-1-2-7/h3-5,7H,1-2,6H2. The molecule has 0 aliphatic heterocycles. The molecule has 1 fully saturated rings. The van der Waals surface area contributed by atoms with Crippen LogP contribution in [0.3, 0.4) is 0 Å². The van der Waals surface area contributed by atoms with Crippen LogP contribution < -0.4 is 4.74 Å². The fourth-order valence-electron chi connectivity index (χ4n) is 1.29. The van der Waals surface area contributed by atoms with Crippen molar-refractivity contribution in [3.05, 3.63) is 28.2 Å². The topological polar surface area (TPSA) is 26.3 Å². The zero-order chi connectivity index (χ0) is 10.8. The maximum Gasteiger partial charge on any atom is 0.173 e. The Balaban J connectivity index is 1.94. The lowest BCUT2D eigenvalue weighted by atomic mass is 10.3. The van der Waals surface area contributed by atoms with Crippen LogP contribution in [0.15, 0.2) is 18.2 Å². The van der Waals surface area contributed by atoms with Gasteiger partial charge in [-0.3, -0.25) is 4.79 Å². The second-order valence-electron chi connectivity index (χ2n) is 3.63. The molecule has 1 aromatic carbocycles. The van der Waals surface area contributed by atoms with Crippen molar-refractivity contribution in [1.29, 1.82) is 0 Å². The van der Waals surface area contributed by atoms with E-state index in [-0.39, 0.29) is 18.3 Å². The molecule has 0 saturated heterocycles. The lowest BCUT2D eigenvalue weighted by molar-refractivity contribution is -0.122. The van der Waals surface area contributed by atoms with E-state index in [1.165, 1.54) is 0 Å². The molecule has 0 aromatic heterocycles. The summed E-state index contributed by atoms with van der Waals surface area (Å²) < 4.78 is 5.31. The van der Waals surface area contributed by atoms with Gasteiger partial charge in [-0.05, 0) is 31.0 Å². The van der Waals surface area contributed by atoms with E-state index in [0.717, 1.165) is 12.8 Å². The molecule has 2 rings (SSSR count). The molecule has 1 saturated carbocycles. The first-order valence-corrected chi connectivity index (χ1v) is 5.52. The third-order valence-corrected chi connectivity index (χ3v) is 2.69. The Labute approximate surface area is 98.1 Å². The number of carbonyl (C=O) groups is 1. The highest BCUT2D eigenvalue weighted by atomic mass is 35.5. The van der Waals surface area contributed by atoms with E-state index in [4.69, 9.17) is 27.9 Å². The van der Waals surface area contributed by atoms with E-state index in [0.29, 0.717) is 15.8 Å². The number of hydrogen-bond donors (Lipinski definition) is 0. The summed E-state index contributed by atoms with van der Waals surface area (Å²) >= 11 is 11.6. The quantitative estimate of drug-likeness (QED) is 0.813. The largest absolute Gasteiger partial charge is 0.486 e. The van der Waals surface area contributed by atoms with Gasteiger partial charge in [0.25, 0.3) is 0 Å². The highest BCUT2D eigenvalue weighted by Gasteiger charge is 2.29. The van der Waals surface area contributed by atoms with Crippen LogP contribution in [0.5, 0.6) is 5.75 Å². The average Bonchev–Trinajstić information content (AvgIpc) is 2.95. The minimum Gasteiger partial charge on any atom is -0.486 e. The second-order valence-corrected chi connectivity index (χ2v) is 4.51. The maximum absolute atomic E-state index is 11.4. The van der Waals surface area contributed by atoms with Crippen LogP contribution in [0.25, 0.3) is 0 Å². The predicted octanol–water partition coefficient (Wildman–Crippen LogP) is 3.35. The second kappa shape index (κ2) is 4.42. The summed E-state index contributed by atoms with van der Waals surface area (Å²) in [6, 6.07) is 4.92. The Morgan fingerprint density at radius 1 is 1.27 bits per heavy atom. The first-order chi connectivity index (χ1) is 7.15. The van der Waals surface area contributed by atoms with Crippen molar-refractivity contribution in [1.82, 2.24) is 0 Å². The number of rotatable bonds is 4. The van der Waals surface area contributed by atoms with Crippen LogP contribution in [0.2, 0.25) is 10.0 Å². The lowest BCUT2D eigenvalue weighted by Gasteiger charge is -2.05. The molecule has 1 aliphatic carbocycles. The molecule has 15 heavy (non-hydrogen) atoms. The van der Waals surface area contributed by atoms with Gasteiger partial charge in [-0.25, -0.2) is 0 Å². The van der Waals surface area contributed by atoms with Gasteiger partial charge in [0.15, 0.2) is 5.78 Å². The molecule has 80 valence electrons. The number of benzene rings is 1. The van der Waals surface area contributed by atoms with Crippen molar-refractivity contribution in [3.8, 4) is 5.75 Å². The van der Waals surface area contributed by atoms with Crippen LogP contribution in [-0.2, 0) is 4.79 Å². The maximum atomic E-state index is 11.4. The molecule has 0 heterocycles. The summed E-state index contributed by atoms with van der Waals surface area (Å²) in [6.07, 6.45) is 2.00. The van der Waals surface area contributed by atoms with E-state index in [9.17, 15) is 4.79 Å². The molecular formula is C11H10Cl2O2. The number of ketones is 1. The summed E-state index contributed by atoms with van der Waals surface area (Å²) in [6.45, 7) is 0.112. The number of halogens is 2. The first-order valence-electron chi connectivity index (χ1n) is 4.77.